The van der Waals surface area contributed by atoms with Crippen LogP contribution in [0.4, 0.5) is 0 Å². The Bertz CT molecular complexity index is 1230. The predicted molar refractivity (Wildman–Crippen MR) is 130 cm³/mol. The number of fused-ring (bicyclic) bond motifs is 1. The summed E-state index contributed by atoms with van der Waals surface area (Å²) in [5.74, 6) is 1.17. The van der Waals surface area contributed by atoms with E-state index in [0.717, 1.165) is 46.5 Å². The number of carbonyl (C=O) groups is 1. The Kier molecular flexibility index (Phi) is 5.46. The van der Waals surface area contributed by atoms with Gasteiger partial charge in [-0.2, -0.15) is 0 Å². The van der Waals surface area contributed by atoms with Gasteiger partial charge < -0.3 is 15.6 Å². The number of hydrogen-bond acceptors (Lipinski definition) is 4. The molecular weight excluding hydrogens is 410 g/mol. The van der Waals surface area contributed by atoms with Gasteiger partial charge >= 0.3 is 0 Å². The van der Waals surface area contributed by atoms with Crippen molar-refractivity contribution in [3.63, 3.8) is 0 Å². The van der Waals surface area contributed by atoms with Gasteiger partial charge in [-0.25, -0.2) is 4.98 Å². The third-order valence-corrected chi connectivity index (χ3v) is 6.87. The molecule has 1 aliphatic heterocycles. The van der Waals surface area contributed by atoms with E-state index in [1.807, 2.05) is 85.6 Å². The number of carbonyl (C=O) groups excluding carboxylic acids is 1. The zero-order chi connectivity index (χ0) is 23.0. The third kappa shape index (κ3) is 3.70. The van der Waals surface area contributed by atoms with Gasteiger partial charge in [0, 0.05) is 19.3 Å². The Morgan fingerprint density at radius 3 is 2.15 bits per heavy atom. The summed E-state index contributed by atoms with van der Waals surface area (Å²) < 4.78 is 0. The second kappa shape index (κ2) is 8.45. The lowest BCUT2D eigenvalue weighted by Crippen LogP contribution is -2.55. The van der Waals surface area contributed by atoms with E-state index in [1.54, 1.807) is 0 Å². The topological polar surface area (TPSA) is 87.9 Å². The molecule has 2 aromatic carbocycles. The van der Waals surface area contributed by atoms with Crippen LogP contribution in [0.2, 0.25) is 0 Å². The molecule has 0 atom stereocenters. The Labute approximate surface area is 193 Å². The average Bonchev–Trinajstić information content (AvgIpc) is 3.27. The largest absolute Gasteiger partial charge is 0.342 e. The lowest BCUT2D eigenvalue weighted by Gasteiger charge is -2.39. The molecule has 6 heteroatoms. The van der Waals surface area contributed by atoms with Gasteiger partial charge in [-0.05, 0) is 49.3 Å². The molecule has 168 valence electrons. The van der Waals surface area contributed by atoms with Crippen molar-refractivity contribution in [1.29, 1.82) is 0 Å². The molecule has 3 N–H and O–H groups in total. The van der Waals surface area contributed by atoms with Crippen LogP contribution in [0.5, 0.6) is 0 Å². The molecular formula is C27H29N5O. The maximum Gasteiger partial charge on any atom is 0.251 e. The molecule has 1 aliphatic rings. The van der Waals surface area contributed by atoms with E-state index >= 15 is 0 Å². The van der Waals surface area contributed by atoms with Gasteiger partial charge in [0.05, 0.1) is 11.2 Å². The van der Waals surface area contributed by atoms with Crippen LogP contribution in [0.3, 0.4) is 0 Å². The van der Waals surface area contributed by atoms with Crippen molar-refractivity contribution < 1.29 is 4.79 Å². The van der Waals surface area contributed by atoms with E-state index in [1.165, 1.54) is 5.56 Å². The van der Waals surface area contributed by atoms with Crippen molar-refractivity contribution in [3.05, 3.63) is 95.1 Å². The first-order chi connectivity index (χ1) is 16.0. The fraction of sp³-hybridized carbons (Fsp3) is 0.296. The van der Waals surface area contributed by atoms with Crippen LogP contribution in [-0.4, -0.2) is 38.8 Å². The quantitative estimate of drug-likeness (QED) is 0.499. The van der Waals surface area contributed by atoms with Crippen molar-refractivity contribution in [2.75, 3.05) is 13.1 Å². The van der Waals surface area contributed by atoms with Crippen LogP contribution >= 0.6 is 0 Å². The van der Waals surface area contributed by atoms with E-state index in [0.29, 0.717) is 19.0 Å². The molecule has 33 heavy (non-hydrogen) atoms. The highest BCUT2D eigenvalue weighted by Crippen LogP contribution is 2.35. The lowest BCUT2D eigenvalue weighted by molar-refractivity contribution is -0.136. The Morgan fingerprint density at radius 1 is 1.00 bits per heavy atom. The fourth-order valence-corrected chi connectivity index (χ4v) is 5.02. The molecule has 0 aliphatic carbocycles. The van der Waals surface area contributed by atoms with Crippen LogP contribution < -0.4 is 5.73 Å². The van der Waals surface area contributed by atoms with Crippen LogP contribution in [0, 0.1) is 13.8 Å². The summed E-state index contributed by atoms with van der Waals surface area (Å²) in [6, 6.07) is 19.4. The summed E-state index contributed by atoms with van der Waals surface area (Å²) >= 11 is 0. The highest BCUT2D eigenvalue weighted by atomic mass is 16.2. The van der Waals surface area contributed by atoms with E-state index in [2.05, 4.69) is 15.0 Å². The maximum atomic E-state index is 13.9. The number of nitrogens with one attached hydrogen (secondary N) is 1. The fourth-order valence-electron chi connectivity index (χ4n) is 5.02. The van der Waals surface area contributed by atoms with Crippen molar-refractivity contribution in [2.45, 2.75) is 38.1 Å². The number of rotatable bonds is 4. The number of aromatic amines is 1. The molecule has 5 rings (SSSR count). The number of piperidine rings is 1. The Hall–Kier alpha value is -3.51. The number of amides is 1. The first-order valence-corrected chi connectivity index (χ1v) is 11.5. The molecule has 1 fully saturated rings. The van der Waals surface area contributed by atoms with Crippen LogP contribution in [-0.2, 0) is 10.3 Å². The van der Waals surface area contributed by atoms with Crippen LogP contribution in [0.25, 0.3) is 11.0 Å². The van der Waals surface area contributed by atoms with Gasteiger partial charge in [0.2, 0.25) is 0 Å². The summed E-state index contributed by atoms with van der Waals surface area (Å²) in [4.78, 5) is 28.4. The van der Waals surface area contributed by atoms with Gasteiger partial charge in [-0.3, -0.25) is 9.78 Å². The summed E-state index contributed by atoms with van der Waals surface area (Å²) in [5, 5.41) is 0. The number of imidazole rings is 1. The molecule has 6 nitrogen and oxygen atoms in total. The number of aromatic nitrogens is 3. The number of likely N-dealkylation sites (tertiary alicyclic amines) is 1. The molecule has 0 unspecified atom stereocenters. The van der Waals surface area contributed by atoms with Crippen molar-refractivity contribution in [2.24, 2.45) is 5.73 Å². The minimum Gasteiger partial charge on any atom is -0.342 e. The minimum absolute atomic E-state index is 0.0529. The number of nitrogens with two attached hydrogens (primary N) is 1. The first-order valence-electron chi connectivity index (χ1n) is 11.5. The molecule has 1 saturated heterocycles. The number of pyridine rings is 1. The highest BCUT2D eigenvalue weighted by Gasteiger charge is 2.42. The van der Waals surface area contributed by atoms with Crippen LogP contribution in [0.1, 0.15) is 47.0 Å². The normalized spacial score (nSPS) is 15.2. The monoisotopic (exact) mass is 439 g/mol. The SMILES string of the molecule is Cc1nc2c(C)ncc(C3CCN(C(=O)C(N)(c4ccccc4)c4ccccc4)CC3)c2[nH]1. The second-order valence-corrected chi connectivity index (χ2v) is 8.95. The minimum atomic E-state index is -1.21. The predicted octanol–water partition coefficient (Wildman–Crippen LogP) is 4.18. The third-order valence-electron chi connectivity index (χ3n) is 6.87. The molecule has 0 bridgehead atoms. The zero-order valence-corrected chi connectivity index (χ0v) is 19.1. The molecule has 0 spiro atoms. The standard InChI is InChI=1S/C27H29N5O/c1-18-24-25(31-19(2)30-24)23(17-29-18)20-13-15-32(16-14-20)26(33)27(28,21-9-5-3-6-10-21)22-11-7-4-8-12-22/h3-12,17,20H,13-16,28H2,1-2H3,(H,30,31). The number of H-pyrrole nitrogens is 1. The lowest BCUT2D eigenvalue weighted by atomic mass is 9.81. The number of benzene rings is 2. The summed E-state index contributed by atoms with van der Waals surface area (Å²) in [6.45, 7) is 5.27. The summed E-state index contributed by atoms with van der Waals surface area (Å²) in [5.41, 5.74) is 11.5. The average molecular weight is 440 g/mol. The number of aryl methyl sites for hydroxylation is 2. The van der Waals surface area contributed by atoms with Crippen LogP contribution in [0.15, 0.2) is 66.9 Å². The molecule has 0 saturated carbocycles. The number of nitrogens with zero attached hydrogens (tertiary/aromatic N) is 3. The molecule has 0 radical (unpaired) electrons. The summed E-state index contributed by atoms with van der Waals surface area (Å²) in [7, 11) is 0. The van der Waals surface area contributed by atoms with Gasteiger partial charge in [0.25, 0.3) is 5.91 Å². The van der Waals surface area contributed by atoms with Crippen molar-refractivity contribution in [3.8, 4) is 0 Å². The van der Waals surface area contributed by atoms with Gasteiger partial charge in [0.15, 0.2) is 0 Å². The summed E-state index contributed by atoms with van der Waals surface area (Å²) in [6.07, 6.45) is 3.70. The zero-order valence-electron chi connectivity index (χ0n) is 19.1. The van der Waals surface area contributed by atoms with Gasteiger partial charge in [0.1, 0.15) is 16.9 Å². The van der Waals surface area contributed by atoms with Gasteiger partial charge in [-0.15, -0.1) is 0 Å². The van der Waals surface area contributed by atoms with Gasteiger partial charge in [-0.1, -0.05) is 60.7 Å². The molecule has 1 amide bonds. The molecule has 3 heterocycles. The first kappa shape index (κ1) is 21.3. The maximum absolute atomic E-state index is 13.9. The van der Waals surface area contributed by atoms with E-state index < -0.39 is 5.54 Å². The Morgan fingerprint density at radius 2 is 1.58 bits per heavy atom. The van der Waals surface area contributed by atoms with E-state index in [4.69, 9.17) is 5.73 Å². The highest BCUT2D eigenvalue weighted by molar-refractivity contribution is 5.91. The molecule has 2 aromatic heterocycles. The Balaban J connectivity index is 1.41. The van der Waals surface area contributed by atoms with E-state index in [-0.39, 0.29) is 5.91 Å². The van der Waals surface area contributed by atoms with Crippen molar-refractivity contribution >= 4 is 16.9 Å². The molecule has 4 aromatic rings. The number of hydrogen-bond donors (Lipinski definition) is 2. The van der Waals surface area contributed by atoms with E-state index in [9.17, 15) is 4.79 Å². The van der Waals surface area contributed by atoms with Crippen molar-refractivity contribution in [1.82, 2.24) is 19.9 Å². The smallest absolute Gasteiger partial charge is 0.251 e. The second-order valence-electron chi connectivity index (χ2n) is 8.95.